The van der Waals surface area contributed by atoms with Crippen molar-refractivity contribution >= 4 is 41.3 Å². The van der Waals surface area contributed by atoms with Gasteiger partial charge in [0.15, 0.2) is 5.96 Å². The summed E-state index contributed by atoms with van der Waals surface area (Å²) in [6.45, 7) is 3.51. The molecule has 0 fully saturated rings. The van der Waals surface area contributed by atoms with E-state index in [1.54, 1.807) is 25.5 Å². The highest BCUT2D eigenvalue weighted by Crippen LogP contribution is 2.13. The summed E-state index contributed by atoms with van der Waals surface area (Å²) in [6, 6.07) is 7.98. The Hall–Kier alpha value is -1.35. The van der Waals surface area contributed by atoms with E-state index in [9.17, 15) is 0 Å². The van der Waals surface area contributed by atoms with Crippen molar-refractivity contribution in [3.8, 4) is 5.75 Å². The van der Waals surface area contributed by atoms with E-state index in [4.69, 9.17) is 4.74 Å². The summed E-state index contributed by atoms with van der Waals surface area (Å²) < 4.78 is 5.23. The van der Waals surface area contributed by atoms with Crippen LogP contribution in [-0.2, 0) is 19.5 Å². The second-order valence-corrected chi connectivity index (χ2v) is 5.90. The van der Waals surface area contributed by atoms with Gasteiger partial charge < -0.3 is 15.4 Å². The lowest BCUT2D eigenvalue weighted by atomic mass is 10.2. The fourth-order valence-electron chi connectivity index (χ4n) is 1.94. The van der Waals surface area contributed by atoms with E-state index in [1.165, 1.54) is 4.88 Å². The zero-order chi connectivity index (χ0) is 15.8. The molecule has 1 heterocycles. The number of methoxy groups -OCH3 is 1. The van der Waals surface area contributed by atoms with E-state index in [0.717, 1.165) is 28.7 Å². The number of benzene rings is 1. The number of aryl methyl sites for hydroxylation is 1. The Labute approximate surface area is 158 Å². The maximum Gasteiger partial charge on any atom is 0.191 e. The molecule has 7 heteroatoms. The molecule has 23 heavy (non-hydrogen) atoms. The minimum atomic E-state index is 0. The Morgan fingerprint density at radius 2 is 2.09 bits per heavy atom. The highest BCUT2D eigenvalue weighted by Gasteiger charge is 2.03. The zero-order valence-electron chi connectivity index (χ0n) is 13.6. The molecule has 0 unspecified atom stereocenters. The lowest BCUT2D eigenvalue weighted by molar-refractivity contribution is 0.414. The molecule has 2 rings (SSSR count). The van der Waals surface area contributed by atoms with Gasteiger partial charge in [0.1, 0.15) is 10.8 Å². The van der Waals surface area contributed by atoms with E-state index in [-0.39, 0.29) is 24.0 Å². The van der Waals surface area contributed by atoms with Crippen molar-refractivity contribution in [2.45, 2.75) is 26.4 Å². The van der Waals surface area contributed by atoms with Crippen LogP contribution >= 0.6 is 35.3 Å². The van der Waals surface area contributed by atoms with Crippen molar-refractivity contribution in [2.24, 2.45) is 4.99 Å². The molecule has 0 saturated carbocycles. The fourth-order valence-corrected chi connectivity index (χ4v) is 2.74. The standard InChI is InChI=1S/C16H22N4OS.HI/c1-4-14-10-18-15(22-14)11-20-16(17-2)19-9-12-6-5-7-13(8-12)21-3;/h5-8,10H,4,9,11H2,1-3H3,(H2,17,19,20);1H. The monoisotopic (exact) mass is 446 g/mol. The number of nitrogens with one attached hydrogen (secondary N) is 2. The van der Waals surface area contributed by atoms with Gasteiger partial charge >= 0.3 is 0 Å². The van der Waals surface area contributed by atoms with Gasteiger partial charge in [0.25, 0.3) is 0 Å². The summed E-state index contributed by atoms with van der Waals surface area (Å²) in [5.74, 6) is 1.62. The first kappa shape index (κ1) is 19.7. The third-order valence-electron chi connectivity index (χ3n) is 3.17. The van der Waals surface area contributed by atoms with Crippen LogP contribution in [-0.4, -0.2) is 25.1 Å². The fraction of sp³-hybridized carbons (Fsp3) is 0.375. The van der Waals surface area contributed by atoms with Crippen molar-refractivity contribution in [1.29, 1.82) is 0 Å². The van der Waals surface area contributed by atoms with Gasteiger partial charge in [-0.3, -0.25) is 4.99 Å². The minimum Gasteiger partial charge on any atom is -0.497 e. The molecule has 0 atom stereocenters. The number of aromatic nitrogens is 1. The zero-order valence-corrected chi connectivity index (χ0v) is 16.8. The third kappa shape index (κ3) is 6.34. The highest BCUT2D eigenvalue weighted by atomic mass is 127. The van der Waals surface area contributed by atoms with Crippen LogP contribution in [0.1, 0.15) is 22.4 Å². The molecule has 0 radical (unpaired) electrons. The average molecular weight is 446 g/mol. The number of nitrogens with zero attached hydrogens (tertiary/aromatic N) is 2. The topological polar surface area (TPSA) is 58.5 Å². The molecule has 5 nitrogen and oxygen atoms in total. The molecule has 0 aliphatic carbocycles. The Balaban J connectivity index is 0.00000264. The number of halogens is 1. The lowest BCUT2D eigenvalue weighted by Gasteiger charge is -2.11. The SMILES string of the molecule is CCc1cnc(CNC(=NC)NCc2cccc(OC)c2)s1.I. The molecule has 0 saturated heterocycles. The molecule has 0 amide bonds. The Kier molecular flexibility index (Phi) is 8.93. The number of guanidine groups is 1. The van der Waals surface area contributed by atoms with Crippen LogP contribution in [0.15, 0.2) is 35.5 Å². The van der Waals surface area contributed by atoms with Crippen LogP contribution < -0.4 is 15.4 Å². The molecule has 0 aliphatic rings. The number of rotatable bonds is 6. The molecule has 0 bridgehead atoms. The second-order valence-electron chi connectivity index (χ2n) is 4.70. The van der Waals surface area contributed by atoms with Crippen LogP contribution in [0.4, 0.5) is 0 Å². The largest absolute Gasteiger partial charge is 0.497 e. The van der Waals surface area contributed by atoms with Crippen molar-refractivity contribution < 1.29 is 4.74 Å². The molecule has 1 aromatic heterocycles. The van der Waals surface area contributed by atoms with Crippen LogP contribution in [0.5, 0.6) is 5.75 Å². The quantitative estimate of drug-likeness (QED) is 0.407. The maximum absolute atomic E-state index is 5.23. The molecule has 1 aromatic carbocycles. The molecule has 0 aliphatic heterocycles. The van der Waals surface area contributed by atoms with Crippen LogP contribution in [0.3, 0.4) is 0 Å². The summed E-state index contributed by atoms with van der Waals surface area (Å²) in [4.78, 5) is 9.92. The Bertz CT molecular complexity index is 630. The average Bonchev–Trinajstić information content (AvgIpc) is 3.03. The second kappa shape index (κ2) is 10.4. The van der Waals surface area contributed by atoms with E-state index in [0.29, 0.717) is 13.1 Å². The van der Waals surface area contributed by atoms with Crippen molar-refractivity contribution in [2.75, 3.05) is 14.2 Å². The summed E-state index contributed by atoms with van der Waals surface area (Å²) in [7, 11) is 3.44. The summed E-state index contributed by atoms with van der Waals surface area (Å²) in [5, 5.41) is 7.64. The van der Waals surface area contributed by atoms with Crippen LogP contribution in [0.25, 0.3) is 0 Å². The van der Waals surface area contributed by atoms with E-state index < -0.39 is 0 Å². The van der Waals surface area contributed by atoms with Gasteiger partial charge in [-0.05, 0) is 24.1 Å². The number of aliphatic imine (C=N–C) groups is 1. The van der Waals surface area contributed by atoms with E-state index in [1.807, 2.05) is 24.4 Å². The van der Waals surface area contributed by atoms with Gasteiger partial charge in [-0.15, -0.1) is 35.3 Å². The van der Waals surface area contributed by atoms with Crippen molar-refractivity contribution in [3.05, 3.63) is 45.9 Å². The third-order valence-corrected chi connectivity index (χ3v) is 4.32. The summed E-state index contributed by atoms with van der Waals surface area (Å²) in [6.07, 6.45) is 2.97. The number of hydrogen-bond donors (Lipinski definition) is 2. The minimum absolute atomic E-state index is 0. The predicted molar refractivity (Wildman–Crippen MR) is 107 cm³/mol. The number of thiazole rings is 1. The van der Waals surface area contributed by atoms with E-state index >= 15 is 0 Å². The normalized spacial score (nSPS) is 10.8. The van der Waals surface area contributed by atoms with Gasteiger partial charge in [-0.25, -0.2) is 4.98 Å². The highest BCUT2D eigenvalue weighted by molar-refractivity contribution is 14.0. The first-order chi connectivity index (χ1) is 10.7. The summed E-state index contributed by atoms with van der Waals surface area (Å²) in [5.41, 5.74) is 1.14. The molecule has 126 valence electrons. The predicted octanol–water partition coefficient (Wildman–Crippen LogP) is 3.20. The maximum atomic E-state index is 5.23. The number of ether oxygens (including phenoxy) is 1. The molecular weight excluding hydrogens is 423 g/mol. The van der Waals surface area contributed by atoms with Crippen LogP contribution in [0.2, 0.25) is 0 Å². The van der Waals surface area contributed by atoms with E-state index in [2.05, 4.69) is 33.6 Å². The van der Waals surface area contributed by atoms with Crippen LogP contribution in [0, 0.1) is 0 Å². The molecule has 2 aromatic rings. The van der Waals surface area contributed by atoms with Gasteiger partial charge in [0, 0.05) is 24.7 Å². The first-order valence-electron chi connectivity index (χ1n) is 7.26. The van der Waals surface area contributed by atoms with Gasteiger partial charge in [-0.1, -0.05) is 19.1 Å². The summed E-state index contributed by atoms with van der Waals surface area (Å²) >= 11 is 1.73. The number of hydrogen-bond acceptors (Lipinski definition) is 4. The van der Waals surface area contributed by atoms with Crippen molar-refractivity contribution in [1.82, 2.24) is 15.6 Å². The van der Waals surface area contributed by atoms with Gasteiger partial charge in [0.05, 0.1) is 13.7 Å². The Morgan fingerprint density at radius 1 is 1.30 bits per heavy atom. The van der Waals surface area contributed by atoms with Crippen molar-refractivity contribution in [3.63, 3.8) is 0 Å². The Morgan fingerprint density at radius 3 is 2.74 bits per heavy atom. The molecular formula is C16H23IN4OS. The molecule has 0 spiro atoms. The van der Waals surface area contributed by atoms with Gasteiger partial charge in [0.2, 0.25) is 0 Å². The smallest absolute Gasteiger partial charge is 0.191 e. The lowest BCUT2D eigenvalue weighted by Crippen LogP contribution is -2.36. The van der Waals surface area contributed by atoms with Gasteiger partial charge in [-0.2, -0.15) is 0 Å². The first-order valence-corrected chi connectivity index (χ1v) is 8.07. The molecule has 2 N–H and O–H groups in total.